The topological polar surface area (TPSA) is 56.0 Å². The van der Waals surface area contributed by atoms with Gasteiger partial charge in [0.2, 0.25) is 0 Å². The van der Waals surface area contributed by atoms with Crippen molar-refractivity contribution < 1.29 is 33.8 Å². The first kappa shape index (κ1) is 24.0. The molecule has 0 N–H and O–H groups in total. The minimum Gasteiger partial charge on any atom is -0.304 e. The van der Waals surface area contributed by atoms with E-state index in [1.165, 1.54) is 12.4 Å². The summed E-state index contributed by atoms with van der Waals surface area (Å²) in [7, 11) is 0. The van der Waals surface area contributed by atoms with Crippen LogP contribution in [0, 0.1) is 36.7 Å². The summed E-state index contributed by atoms with van der Waals surface area (Å²) in [5, 5.41) is 0.800. The first-order valence-corrected chi connectivity index (χ1v) is 15.4. The largest absolute Gasteiger partial charge is 0.304 e. The maximum atomic E-state index is 8.75. The van der Waals surface area contributed by atoms with Crippen LogP contribution in [0.3, 0.4) is 0 Å². The van der Waals surface area contributed by atoms with Crippen LogP contribution >= 0.6 is 0 Å². The third-order valence-electron chi connectivity index (χ3n) is 7.17. The van der Waals surface area contributed by atoms with Crippen molar-refractivity contribution in [3.63, 3.8) is 0 Å². The molecule has 4 aromatic heterocycles. The monoisotopic (exact) mass is 820 g/mol. The van der Waals surface area contributed by atoms with Crippen LogP contribution in [0.1, 0.15) is 77.5 Å². The molecule has 0 fully saturated rings. The van der Waals surface area contributed by atoms with E-state index in [4.69, 9.17) is 18.7 Å². The number of hydrogen-bond acceptors (Lipinski definition) is 4. The Morgan fingerprint density at radius 2 is 1.35 bits per heavy atom. The molecule has 0 spiro atoms. The van der Waals surface area contributed by atoms with Crippen LogP contribution < -0.4 is 0 Å². The fraction of sp³-hybridized carbons (Fsp3) is 0.286. The molecule has 0 saturated heterocycles. The van der Waals surface area contributed by atoms with Crippen LogP contribution in [-0.4, -0.2) is 24.3 Å². The summed E-state index contributed by atoms with van der Waals surface area (Å²) in [6.07, 6.45) is 0.550. The number of rotatable bonds is 4. The maximum Gasteiger partial charge on any atom is 0.129 e. The molecule has 0 saturated carbocycles. The van der Waals surface area contributed by atoms with E-state index in [-0.39, 0.29) is 42.4 Å². The Kier molecular flexibility index (Phi) is 7.03. The molecule has 7 aromatic rings. The fourth-order valence-electron chi connectivity index (χ4n) is 5.16. The SMILES string of the molecule is [2H]C([2H])([2H])c1cnc(-c2[c-]cc3ncn4c5ccccc5nc4c3c2)cc1C([2H])([2H])C(C)(C)C.[2H]C([2H])([2H])c1cnc(-c2[c-]cccc2)cc1C([2H])([2H])C(C)(C)C.[Ir]. The summed E-state index contributed by atoms with van der Waals surface area (Å²) in [6, 6.07) is 28.0. The predicted molar refractivity (Wildman–Crippen MR) is 194 cm³/mol. The van der Waals surface area contributed by atoms with Gasteiger partial charge in [-0.1, -0.05) is 76.9 Å². The number of aryl methyl sites for hydroxylation is 2. The van der Waals surface area contributed by atoms with Crippen molar-refractivity contribution in [2.45, 2.75) is 68.0 Å². The van der Waals surface area contributed by atoms with Crippen molar-refractivity contribution in [2.75, 3.05) is 0 Å². The summed E-state index contributed by atoms with van der Waals surface area (Å²) in [6.45, 7) is 5.62. The molecule has 6 heteroatoms. The van der Waals surface area contributed by atoms with Crippen LogP contribution in [-0.2, 0) is 32.9 Å². The Morgan fingerprint density at radius 1 is 0.729 bits per heavy atom. The molecule has 0 bridgehead atoms. The van der Waals surface area contributed by atoms with Crippen molar-refractivity contribution in [1.29, 1.82) is 0 Å². The zero-order valence-corrected chi connectivity index (χ0v) is 30.1. The van der Waals surface area contributed by atoms with Gasteiger partial charge >= 0.3 is 0 Å². The van der Waals surface area contributed by atoms with E-state index in [9.17, 15) is 0 Å². The van der Waals surface area contributed by atoms with E-state index < -0.39 is 37.3 Å². The average Bonchev–Trinajstić information content (AvgIpc) is 3.52. The standard InChI is InChI=1S/C25H23N4.C17H20N.Ir/c1-16-14-26-22(12-18(16)13-25(2,3)4)17-9-10-20-19(11-17)24-28-21-7-5-6-8-23(21)29(24)15-27-20;1-13-12-18-16(14-8-6-5-7-9-14)10-15(13)11-17(2,3)4;/h5-8,10-12,14-15H,13H2,1-4H3;5-8,10,12H,11H2,1-4H3;/q2*-1;/i1D3,13D2;1D3,11D2;. The van der Waals surface area contributed by atoms with Crippen LogP contribution in [0.15, 0.2) is 91.5 Å². The number of pyridine rings is 2. The molecule has 247 valence electrons. The third kappa shape index (κ3) is 8.06. The molecule has 0 aliphatic heterocycles. The van der Waals surface area contributed by atoms with Gasteiger partial charge in [0.1, 0.15) is 5.65 Å². The molecule has 1 radical (unpaired) electrons. The summed E-state index contributed by atoms with van der Waals surface area (Å²) in [4.78, 5) is 17.9. The van der Waals surface area contributed by atoms with E-state index in [0.29, 0.717) is 22.5 Å². The van der Waals surface area contributed by atoms with Gasteiger partial charge in [-0.2, -0.15) is 0 Å². The van der Waals surface area contributed by atoms with Crippen LogP contribution in [0.25, 0.3) is 50.1 Å². The number of hydrogen-bond donors (Lipinski definition) is 0. The van der Waals surface area contributed by atoms with Gasteiger partial charge < -0.3 is 9.97 Å². The maximum absolute atomic E-state index is 8.75. The number of aromatic nitrogens is 5. The first-order chi connectivity index (χ1) is 26.3. The minimum atomic E-state index is -2.49. The van der Waals surface area contributed by atoms with Crippen molar-refractivity contribution in [3.05, 3.63) is 126 Å². The molecule has 0 amide bonds. The second-order valence-corrected chi connectivity index (χ2v) is 13.4. The molecule has 0 aliphatic rings. The second-order valence-electron chi connectivity index (χ2n) is 13.4. The number of nitrogens with zero attached hydrogens (tertiary/aromatic N) is 5. The zero-order chi connectivity index (χ0) is 41.9. The van der Waals surface area contributed by atoms with E-state index in [0.717, 1.165) is 27.6 Å². The van der Waals surface area contributed by atoms with Gasteiger partial charge in [-0.3, -0.25) is 9.38 Å². The predicted octanol–water partition coefficient (Wildman–Crippen LogP) is 10.2. The minimum absolute atomic E-state index is 0. The van der Waals surface area contributed by atoms with Gasteiger partial charge in [0.15, 0.2) is 0 Å². The van der Waals surface area contributed by atoms with Gasteiger partial charge in [-0.25, -0.2) is 4.98 Å². The zero-order valence-electron chi connectivity index (χ0n) is 37.7. The molecular formula is C42H43IrN5-2. The number of benzene rings is 3. The molecule has 48 heavy (non-hydrogen) atoms. The average molecular weight is 820 g/mol. The Bertz CT molecular complexity index is 2590. The third-order valence-corrected chi connectivity index (χ3v) is 7.17. The summed E-state index contributed by atoms with van der Waals surface area (Å²) in [5.41, 5.74) is 4.09. The van der Waals surface area contributed by atoms with Crippen LogP contribution in [0.4, 0.5) is 0 Å². The summed E-state index contributed by atoms with van der Waals surface area (Å²) < 4.78 is 83.2. The first-order valence-electron chi connectivity index (χ1n) is 20.4. The Hall–Kier alpha value is -4.25. The summed E-state index contributed by atoms with van der Waals surface area (Å²) >= 11 is 0. The molecule has 0 atom stereocenters. The Morgan fingerprint density at radius 3 is 1.96 bits per heavy atom. The molecule has 7 rings (SSSR count). The molecular weight excluding hydrogens is 767 g/mol. The van der Waals surface area contributed by atoms with Crippen molar-refractivity contribution >= 4 is 27.6 Å². The van der Waals surface area contributed by atoms with E-state index >= 15 is 0 Å². The number of imidazole rings is 1. The number of fused-ring (bicyclic) bond motifs is 5. The quantitative estimate of drug-likeness (QED) is 0.166. The summed E-state index contributed by atoms with van der Waals surface area (Å²) in [5.74, 6) is 0. The van der Waals surface area contributed by atoms with Gasteiger partial charge in [0.05, 0.1) is 17.4 Å². The second kappa shape index (κ2) is 14.1. The van der Waals surface area contributed by atoms with Crippen molar-refractivity contribution in [3.8, 4) is 22.5 Å². The van der Waals surface area contributed by atoms with E-state index in [1.807, 2.05) is 52.9 Å². The van der Waals surface area contributed by atoms with Crippen molar-refractivity contribution in [2.24, 2.45) is 10.8 Å². The van der Waals surface area contributed by atoms with Gasteiger partial charge in [-0.15, -0.1) is 59.7 Å². The molecule has 3 aromatic carbocycles. The molecule has 0 aliphatic carbocycles. The van der Waals surface area contributed by atoms with E-state index in [2.05, 4.69) is 27.1 Å². The Labute approximate surface area is 312 Å². The fourth-order valence-corrected chi connectivity index (χ4v) is 5.16. The number of para-hydroxylation sites is 2. The van der Waals surface area contributed by atoms with E-state index in [1.54, 1.807) is 72.1 Å². The molecule has 0 unspecified atom stereocenters. The van der Waals surface area contributed by atoms with Crippen LogP contribution in [0.2, 0.25) is 0 Å². The van der Waals surface area contributed by atoms with Crippen molar-refractivity contribution in [1.82, 2.24) is 24.3 Å². The van der Waals surface area contributed by atoms with Gasteiger partial charge in [-0.05, 0) is 82.8 Å². The van der Waals surface area contributed by atoms with Gasteiger partial charge in [0, 0.05) is 46.2 Å². The molecule has 5 nitrogen and oxygen atoms in total. The molecule has 4 heterocycles. The van der Waals surface area contributed by atoms with Crippen LogP contribution in [0.5, 0.6) is 0 Å². The smallest absolute Gasteiger partial charge is 0.129 e. The van der Waals surface area contributed by atoms with Gasteiger partial charge in [0.25, 0.3) is 0 Å². The Balaban J connectivity index is 0.000000234. The normalized spacial score (nSPS) is 16.0.